The van der Waals surface area contributed by atoms with E-state index < -0.39 is 18.3 Å². The summed E-state index contributed by atoms with van der Waals surface area (Å²) in [6.07, 6.45) is -0.173. The number of hydrogen-bond acceptors (Lipinski definition) is 9. The minimum atomic E-state index is -0.490. The van der Waals surface area contributed by atoms with Crippen LogP contribution in [0.5, 0.6) is 18.0 Å². The highest BCUT2D eigenvalue weighted by atomic mass is 16.5. The number of ether oxygens (including phenoxy) is 3. The molecule has 1 aromatic heterocycles. The fraction of sp³-hybridized carbons (Fsp3) is 0.800. The molecule has 9 heteroatoms. The van der Waals surface area contributed by atoms with Gasteiger partial charge in [0.2, 0.25) is 0 Å². The van der Waals surface area contributed by atoms with Crippen LogP contribution in [0.3, 0.4) is 0 Å². The van der Waals surface area contributed by atoms with Gasteiger partial charge in [-0.05, 0) is 20.8 Å². The van der Waals surface area contributed by atoms with Crippen LogP contribution < -0.4 is 14.2 Å². The predicted molar refractivity (Wildman–Crippen MR) is 85.2 cm³/mol. The molecule has 0 aromatic carbocycles. The average Bonchev–Trinajstić information content (AvgIpc) is 2.46. The van der Waals surface area contributed by atoms with Gasteiger partial charge in [0.15, 0.2) is 0 Å². The average molecular weight is 345 g/mol. The standard InChI is InChI=1S/C15H27N3O6/c1-10(19)4-7-22-13-16-14(23-8-5-11(2)20)18-15(17-13)24-9-6-12(3)21/h10-12,19-21H,4-9H2,1-3H3. The van der Waals surface area contributed by atoms with Crippen molar-refractivity contribution in [2.45, 2.75) is 58.3 Å². The van der Waals surface area contributed by atoms with Crippen LogP contribution in [0.1, 0.15) is 40.0 Å². The van der Waals surface area contributed by atoms with Crippen LogP contribution in [-0.4, -0.2) is 68.4 Å². The lowest BCUT2D eigenvalue weighted by atomic mass is 10.3. The van der Waals surface area contributed by atoms with Crippen LogP contribution in [0.15, 0.2) is 0 Å². The van der Waals surface area contributed by atoms with E-state index in [4.69, 9.17) is 14.2 Å². The van der Waals surface area contributed by atoms with Gasteiger partial charge in [0, 0.05) is 19.3 Å². The van der Waals surface area contributed by atoms with Crippen LogP contribution in [0.4, 0.5) is 0 Å². The molecule has 1 rings (SSSR count). The van der Waals surface area contributed by atoms with E-state index in [1.54, 1.807) is 20.8 Å². The Morgan fingerprint density at radius 1 is 0.625 bits per heavy atom. The fourth-order valence-electron chi connectivity index (χ4n) is 1.48. The third-order valence-corrected chi connectivity index (χ3v) is 2.87. The van der Waals surface area contributed by atoms with Crippen molar-refractivity contribution >= 4 is 0 Å². The first-order valence-corrected chi connectivity index (χ1v) is 8.05. The molecule has 3 unspecified atom stereocenters. The largest absolute Gasteiger partial charge is 0.463 e. The second-order valence-corrected chi connectivity index (χ2v) is 5.64. The fourth-order valence-corrected chi connectivity index (χ4v) is 1.48. The van der Waals surface area contributed by atoms with Gasteiger partial charge in [-0.25, -0.2) is 0 Å². The molecular weight excluding hydrogens is 318 g/mol. The number of rotatable bonds is 12. The molecule has 0 saturated heterocycles. The molecule has 3 N–H and O–H groups in total. The van der Waals surface area contributed by atoms with Crippen molar-refractivity contribution in [2.75, 3.05) is 19.8 Å². The number of hydrogen-bond donors (Lipinski definition) is 3. The van der Waals surface area contributed by atoms with Gasteiger partial charge in [0.05, 0.1) is 38.1 Å². The summed E-state index contributed by atoms with van der Waals surface area (Å²) in [6.45, 7) is 5.69. The maximum absolute atomic E-state index is 9.25. The smallest absolute Gasteiger partial charge is 0.325 e. The summed E-state index contributed by atoms with van der Waals surface area (Å²) in [6, 6.07) is 0.0965. The first-order valence-electron chi connectivity index (χ1n) is 8.05. The van der Waals surface area contributed by atoms with Gasteiger partial charge < -0.3 is 29.5 Å². The molecule has 9 nitrogen and oxygen atoms in total. The molecule has 1 heterocycles. The molecule has 0 amide bonds. The van der Waals surface area contributed by atoms with Crippen molar-refractivity contribution in [3.63, 3.8) is 0 Å². The van der Waals surface area contributed by atoms with Gasteiger partial charge in [0.25, 0.3) is 0 Å². The van der Waals surface area contributed by atoms with E-state index >= 15 is 0 Å². The van der Waals surface area contributed by atoms with Crippen molar-refractivity contribution in [3.05, 3.63) is 0 Å². The Hall–Kier alpha value is -1.71. The topological polar surface area (TPSA) is 127 Å². The molecule has 3 atom stereocenters. The van der Waals surface area contributed by atoms with E-state index in [0.717, 1.165) is 0 Å². The summed E-state index contributed by atoms with van der Waals surface area (Å²) in [5.41, 5.74) is 0. The zero-order chi connectivity index (χ0) is 17.9. The number of aliphatic hydroxyl groups is 3. The maximum atomic E-state index is 9.25. The predicted octanol–water partition coefficient (Wildman–Crippen LogP) is 0.321. The van der Waals surface area contributed by atoms with Crippen molar-refractivity contribution in [3.8, 4) is 18.0 Å². The molecule has 1 aromatic rings. The van der Waals surface area contributed by atoms with E-state index in [2.05, 4.69) is 15.0 Å². The molecule has 0 saturated carbocycles. The highest BCUT2D eigenvalue weighted by Crippen LogP contribution is 2.16. The first kappa shape index (κ1) is 20.3. The van der Waals surface area contributed by atoms with Crippen molar-refractivity contribution < 1.29 is 29.5 Å². The maximum Gasteiger partial charge on any atom is 0.325 e. The lowest BCUT2D eigenvalue weighted by molar-refractivity contribution is 0.140. The third kappa shape index (κ3) is 9.43. The van der Waals surface area contributed by atoms with E-state index in [1.165, 1.54) is 0 Å². The molecule has 0 radical (unpaired) electrons. The summed E-state index contributed by atoms with van der Waals surface area (Å²) < 4.78 is 16.1. The van der Waals surface area contributed by atoms with Gasteiger partial charge in [-0.3, -0.25) is 0 Å². The van der Waals surface area contributed by atoms with E-state index in [0.29, 0.717) is 19.3 Å². The zero-order valence-corrected chi connectivity index (χ0v) is 14.4. The molecule has 0 fully saturated rings. The second-order valence-electron chi connectivity index (χ2n) is 5.64. The monoisotopic (exact) mass is 345 g/mol. The minimum Gasteiger partial charge on any atom is -0.463 e. The normalized spacial score (nSPS) is 14.8. The van der Waals surface area contributed by atoms with Crippen molar-refractivity contribution in [1.82, 2.24) is 15.0 Å². The van der Waals surface area contributed by atoms with E-state index in [9.17, 15) is 15.3 Å². The summed E-state index contributed by atoms with van der Waals surface area (Å²) in [7, 11) is 0. The molecule has 0 aliphatic heterocycles. The summed E-state index contributed by atoms with van der Waals surface area (Å²) >= 11 is 0. The molecule has 0 aliphatic carbocycles. The molecule has 138 valence electrons. The Labute approximate surface area is 141 Å². The Morgan fingerprint density at radius 3 is 1.08 bits per heavy atom. The second kappa shape index (κ2) is 11.0. The summed E-state index contributed by atoms with van der Waals surface area (Å²) in [5.74, 6) is 0. The van der Waals surface area contributed by atoms with Crippen LogP contribution in [0, 0.1) is 0 Å². The highest BCUT2D eigenvalue weighted by molar-refractivity contribution is 5.09. The zero-order valence-electron chi connectivity index (χ0n) is 14.4. The van der Waals surface area contributed by atoms with Crippen LogP contribution in [0.2, 0.25) is 0 Å². The molecule has 0 spiro atoms. The Kier molecular flexibility index (Phi) is 9.28. The number of aromatic nitrogens is 3. The summed E-state index contributed by atoms with van der Waals surface area (Å²) in [4.78, 5) is 12.0. The van der Waals surface area contributed by atoms with Crippen LogP contribution in [-0.2, 0) is 0 Å². The SMILES string of the molecule is CC(O)CCOc1nc(OCCC(C)O)nc(OCCC(C)O)n1. The van der Waals surface area contributed by atoms with E-state index in [1.807, 2.05) is 0 Å². The van der Waals surface area contributed by atoms with Crippen molar-refractivity contribution in [2.24, 2.45) is 0 Å². The van der Waals surface area contributed by atoms with Crippen LogP contribution in [0.25, 0.3) is 0 Å². The first-order chi connectivity index (χ1) is 11.4. The third-order valence-electron chi connectivity index (χ3n) is 2.87. The van der Waals surface area contributed by atoms with Gasteiger partial charge in [0.1, 0.15) is 0 Å². The lowest BCUT2D eigenvalue weighted by Crippen LogP contribution is -2.14. The molecular formula is C15H27N3O6. The quantitative estimate of drug-likeness (QED) is 0.491. The highest BCUT2D eigenvalue weighted by Gasteiger charge is 2.11. The summed E-state index contributed by atoms with van der Waals surface area (Å²) in [5, 5.41) is 27.7. The minimum absolute atomic E-state index is 0.0322. The van der Waals surface area contributed by atoms with Gasteiger partial charge in [-0.15, -0.1) is 15.0 Å². The van der Waals surface area contributed by atoms with Crippen LogP contribution >= 0.6 is 0 Å². The molecule has 0 bridgehead atoms. The van der Waals surface area contributed by atoms with E-state index in [-0.39, 0.29) is 37.9 Å². The van der Waals surface area contributed by atoms with Gasteiger partial charge >= 0.3 is 18.0 Å². The number of aliphatic hydroxyl groups excluding tert-OH is 3. The lowest BCUT2D eigenvalue weighted by Gasteiger charge is -2.11. The Bertz CT molecular complexity index is 392. The van der Waals surface area contributed by atoms with Gasteiger partial charge in [-0.1, -0.05) is 0 Å². The Morgan fingerprint density at radius 2 is 0.875 bits per heavy atom. The van der Waals surface area contributed by atoms with Crippen molar-refractivity contribution in [1.29, 1.82) is 0 Å². The molecule has 0 aliphatic rings. The number of nitrogens with zero attached hydrogens (tertiary/aromatic N) is 3. The van der Waals surface area contributed by atoms with Gasteiger partial charge in [-0.2, -0.15) is 0 Å². The Balaban J connectivity index is 2.68. The molecule has 24 heavy (non-hydrogen) atoms.